The van der Waals surface area contributed by atoms with Crippen molar-refractivity contribution in [2.24, 2.45) is 4.99 Å². The zero-order valence-electron chi connectivity index (χ0n) is 15.1. The topological polar surface area (TPSA) is 60.0 Å². The number of guanidine groups is 1. The van der Waals surface area contributed by atoms with Crippen molar-refractivity contribution in [1.82, 2.24) is 15.5 Å². The van der Waals surface area contributed by atoms with Gasteiger partial charge in [-0.15, -0.1) is 24.0 Å². The highest BCUT2D eigenvalue weighted by Gasteiger charge is 2.22. The fourth-order valence-electron chi connectivity index (χ4n) is 2.71. The van der Waals surface area contributed by atoms with Gasteiger partial charge in [-0.25, -0.2) is 13.8 Å². The molecule has 6 nitrogen and oxygen atoms in total. The predicted molar refractivity (Wildman–Crippen MR) is 110 cm³/mol. The van der Waals surface area contributed by atoms with Gasteiger partial charge in [0, 0.05) is 45.3 Å². The van der Waals surface area contributed by atoms with Crippen LogP contribution in [0.5, 0.6) is 0 Å². The molecule has 1 saturated heterocycles. The SMILES string of the molecule is CCNC(=O)CN=C(NCC)N1CCN(c2cc(F)ccc2F)CC1.I. The second-order valence-corrected chi connectivity index (χ2v) is 5.69. The number of nitrogens with one attached hydrogen (secondary N) is 2. The quantitative estimate of drug-likeness (QED) is 0.383. The van der Waals surface area contributed by atoms with E-state index in [2.05, 4.69) is 15.6 Å². The number of anilines is 1. The van der Waals surface area contributed by atoms with Crippen LogP contribution in [0, 0.1) is 11.6 Å². The fourth-order valence-corrected chi connectivity index (χ4v) is 2.71. The van der Waals surface area contributed by atoms with Crippen molar-refractivity contribution < 1.29 is 13.6 Å². The van der Waals surface area contributed by atoms with E-state index in [0.717, 1.165) is 12.1 Å². The van der Waals surface area contributed by atoms with E-state index in [0.29, 0.717) is 45.2 Å². The van der Waals surface area contributed by atoms with E-state index >= 15 is 0 Å². The van der Waals surface area contributed by atoms with E-state index in [9.17, 15) is 13.6 Å². The summed E-state index contributed by atoms with van der Waals surface area (Å²) in [6.07, 6.45) is 0. The van der Waals surface area contributed by atoms with E-state index in [-0.39, 0.29) is 42.1 Å². The third-order valence-electron chi connectivity index (χ3n) is 3.91. The number of rotatable bonds is 5. The first-order valence-corrected chi connectivity index (χ1v) is 8.55. The van der Waals surface area contributed by atoms with Gasteiger partial charge in [0.1, 0.15) is 18.2 Å². The van der Waals surface area contributed by atoms with E-state index in [4.69, 9.17) is 0 Å². The predicted octanol–water partition coefficient (Wildman–Crippen LogP) is 1.81. The van der Waals surface area contributed by atoms with Crippen molar-refractivity contribution in [2.45, 2.75) is 13.8 Å². The normalized spacial score (nSPS) is 14.7. The van der Waals surface area contributed by atoms with Crippen LogP contribution in [0.4, 0.5) is 14.5 Å². The summed E-state index contributed by atoms with van der Waals surface area (Å²) < 4.78 is 27.3. The molecule has 0 aromatic heterocycles. The van der Waals surface area contributed by atoms with E-state index in [1.54, 1.807) is 0 Å². The van der Waals surface area contributed by atoms with Gasteiger partial charge in [0.2, 0.25) is 5.91 Å². The summed E-state index contributed by atoms with van der Waals surface area (Å²) in [7, 11) is 0. The molecule has 1 aliphatic heterocycles. The first-order valence-electron chi connectivity index (χ1n) is 8.55. The lowest BCUT2D eigenvalue weighted by Gasteiger charge is -2.37. The maximum atomic E-state index is 13.9. The van der Waals surface area contributed by atoms with Gasteiger partial charge >= 0.3 is 0 Å². The highest BCUT2D eigenvalue weighted by atomic mass is 127. The molecule has 1 aromatic rings. The van der Waals surface area contributed by atoms with Crippen LogP contribution in [0.25, 0.3) is 0 Å². The molecule has 0 aliphatic carbocycles. The summed E-state index contributed by atoms with van der Waals surface area (Å²) in [5.41, 5.74) is 0.281. The van der Waals surface area contributed by atoms with Gasteiger partial charge in [-0.1, -0.05) is 0 Å². The molecule has 0 radical (unpaired) electrons. The van der Waals surface area contributed by atoms with Crippen LogP contribution in [0.1, 0.15) is 13.8 Å². The molecule has 1 amide bonds. The Bertz CT molecular complexity index is 621. The number of nitrogens with zero attached hydrogens (tertiary/aromatic N) is 3. The average molecular weight is 481 g/mol. The van der Waals surface area contributed by atoms with Crippen LogP contribution in [-0.4, -0.2) is 62.6 Å². The summed E-state index contributed by atoms with van der Waals surface area (Å²) in [4.78, 5) is 19.8. The lowest BCUT2D eigenvalue weighted by atomic mass is 10.2. The number of piperazine rings is 1. The number of carbonyl (C=O) groups is 1. The van der Waals surface area contributed by atoms with Gasteiger partial charge in [-0.2, -0.15) is 0 Å². The monoisotopic (exact) mass is 481 g/mol. The van der Waals surface area contributed by atoms with Gasteiger partial charge in [0.05, 0.1) is 5.69 Å². The number of likely N-dealkylation sites (N-methyl/N-ethyl adjacent to an activating group) is 1. The number of aliphatic imine (C=N–C) groups is 1. The van der Waals surface area contributed by atoms with Crippen molar-refractivity contribution in [3.63, 3.8) is 0 Å². The molecule has 146 valence electrons. The van der Waals surface area contributed by atoms with Crippen molar-refractivity contribution in [2.75, 3.05) is 50.7 Å². The van der Waals surface area contributed by atoms with Crippen molar-refractivity contribution >= 4 is 41.5 Å². The van der Waals surface area contributed by atoms with Crippen LogP contribution in [-0.2, 0) is 4.79 Å². The van der Waals surface area contributed by atoms with Gasteiger partial charge in [-0.05, 0) is 26.0 Å². The highest BCUT2D eigenvalue weighted by molar-refractivity contribution is 14.0. The lowest BCUT2D eigenvalue weighted by Crippen LogP contribution is -2.53. The highest BCUT2D eigenvalue weighted by Crippen LogP contribution is 2.21. The van der Waals surface area contributed by atoms with Crippen LogP contribution < -0.4 is 15.5 Å². The van der Waals surface area contributed by atoms with Gasteiger partial charge in [0.25, 0.3) is 0 Å². The minimum Gasteiger partial charge on any atom is -0.366 e. The smallest absolute Gasteiger partial charge is 0.241 e. The maximum Gasteiger partial charge on any atom is 0.241 e. The Labute approximate surface area is 170 Å². The average Bonchev–Trinajstić information content (AvgIpc) is 2.61. The summed E-state index contributed by atoms with van der Waals surface area (Å²) in [6, 6.07) is 3.49. The fraction of sp³-hybridized carbons (Fsp3) is 0.529. The lowest BCUT2D eigenvalue weighted by molar-refractivity contribution is -0.119. The minimum absolute atomic E-state index is 0. The van der Waals surface area contributed by atoms with Crippen LogP contribution in [0.15, 0.2) is 23.2 Å². The first kappa shape index (κ1) is 22.4. The zero-order chi connectivity index (χ0) is 18.2. The Kier molecular flexibility index (Phi) is 9.60. The van der Waals surface area contributed by atoms with Crippen molar-refractivity contribution in [3.05, 3.63) is 29.8 Å². The molecule has 0 saturated carbocycles. The second kappa shape index (κ2) is 11.1. The second-order valence-electron chi connectivity index (χ2n) is 5.69. The number of hydrogen-bond acceptors (Lipinski definition) is 3. The summed E-state index contributed by atoms with van der Waals surface area (Å²) >= 11 is 0. The van der Waals surface area contributed by atoms with Crippen LogP contribution in [0.2, 0.25) is 0 Å². The summed E-state index contributed by atoms with van der Waals surface area (Å²) in [5.74, 6) is -0.339. The Morgan fingerprint density at radius 1 is 1.12 bits per heavy atom. The Morgan fingerprint density at radius 2 is 1.77 bits per heavy atom. The molecule has 2 rings (SSSR count). The van der Waals surface area contributed by atoms with Gasteiger partial charge in [0.15, 0.2) is 5.96 Å². The molecule has 9 heteroatoms. The van der Waals surface area contributed by atoms with Crippen LogP contribution >= 0.6 is 24.0 Å². The minimum atomic E-state index is -0.448. The molecular formula is C17H26F2IN5O. The summed E-state index contributed by atoms with van der Waals surface area (Å²) in [5, 5.41) is 5.88. The molecule has 1 fully saturated rings. The standard InChI is InChI=1S/C17H25F2N5O.HI/c1-3-20-16(25)12-22-17(21-4-2)24-9-7-23(8-10-24)15-11-13(18)5-6-14(15)19;/h5-6,11H,3-4,7-10,12H2,1-2H3,(H,20,25)(H,21,22);1H. The molecule has 0 bridgehead atoms. The molecule has 1 heterocycles. The molecule has 1 aliphatic rings. The Morgan fingerprint density at radius 3 is 2.38 bits per heavy atom. The van der Waals surface area contributed by atoms with E-state index in [1.165, 1.54) is 6.07 Å². The number of carbonyl (C=O) groups excluding carboxylic acids is 1. The van der Waals surface area contributed by atoms with Crippen molar-refractivity contribution in [1.29, 1.82) is 0 Å². The largest absolute Gasteiger partial charge is 0.366 e. The van der Waals surface area contributed by atoms with Crippen LogP contribution in [0.3, 0.4) is 0 Å². The molecule has 0 atom stereocenters. The van der Waals surface area contributed by atoms with Crippen molar-refractivity contribution in [3.8, 4) is 0 Å². The number of hydrogen-bond donors (Lipinski definition) is 2. The Balaban J connectivity index is 0.00000338. The molecular weight excluding hydrogens is 455 g/mol. The summed E-state index contributed by atoms with van der Waals surface area (Å²) in [6.45, 7) is 7.45. The zero-order valence-corrected chi connectivity index (χ0v) is 17.4. The number of benzene rings is 1. The number of amides is 1. The van der Waals surface area contributed by atoms with E-state index in [1.807, 2.05) is 23.6 Å². The maximum absolute atomic E-state index is 13.9. The molecule has 0 spiro atoms. The number of halogens is 3. The van der Waals surface area contributed by atoms with Gasteiger partial charge < -0.3 is 20.4 Å². The van der Waals surface area contributed by atoms with Gasteiger partial charge in [-0.3, -0.25) is 4.79 Å². The van der Waals surface area contributed by atoms with E-state index < -0.39 is 11.6 Å². The Hall–Kier alpha value is -1.65. The molecule has 2 N–H and O–H groups in total. The molecule has 26 heavy (non-hydrogen) atoms. The third-order valence-corrected chi connectivity index (χ3v) is 3.91. The first-order chi connectivity index (χ1) is 12.0. The molecule has 0 unspecified atom stereocenters. The third kappa shape index (κ3) is 6.26. The molecule has 1 aromatic carbocycles.